The van der Waals surface area contributed by atoms with Gasteiger partial charge in [0.25, 0.3) is 0 Å². The summed E-state index contributed by atoms with van der Waals surface area (Å²) in [5, 5.41) is 0.553. The summed E-state index contributed by atoms with van der Waals surface area (Å²) in [6, 6.07) is 3.69. The molecule has 0 N–H and O–H groups in total. The van der Waals surface area contributed by atoms with Gasteiger partial charge < -0.3 is 9.64 Å². The Morgan fingerprint density at radius 2 is 1.88 bits per heavy atom. The van der Waals surface area contributed by atoms with Gasteiger partial charge >= 0.3 is 0 Å². The summed E-state index contributed by atoms with van der Waals surface area (Å²) >= 11 is 6.38. The fourth-order valence-corrected chi connectivity index (χ4v) is 3.69. The number of hydrogen-bond acceptors (Lipinski definition) is 3. The average Bonchev–Trinajstić information content (AvgIpc) is 2.62. The number of aryl methyl sites for hydroxylation is 1. The number of carbonyl (C=O) groups excluding carboxylic acids is 1. The van der Waals surface area contributed by atoms with Crippen molar-refractivity contribution in [1.82, 2.24) is 4.90 Å². The summed E-state index contributed by atoms with van der Waals surface area (Å²) in [5.74, 6) is 0.899. The SMILES string of the molecule is CCCCCCOc1c(C)cc(C(=O)CCN2CCCCC2)cc1Cl.Cl. The molecule has 1 heterocycles. The fraction of sp³-hybridized carbons (Fsp3) is 0.667. The molecule has 0 aliphatic carbocycles. The standard InChI is InChI=1S/C21H32ClNO2.ClH/c1-3-4-5-9-14-25-21-17(2)15-18(16-19(21)22)20(24)10-13-23-11-7-6-8-12-23;/h15-16H,3-14H2,1-2H3;1H. The summed E-state index contributed by atoms with van der Waals surface area (Å²) in [4.78, 5) is 14.9. The van der Waals surface area contributed by atoms with Crippen molar-refractivity contribution < 1.29 is 9.53 Å². The van der Waals surface area contributed by atoms with Gasteiger partial charge in [-0.25, -0.2) is 0 Å². The Bertz CT molecular complexity index is 534. The van der Waals surface area contributed by atoms with Gasteiger partial charge in [-0.15, -0.1) is 12.4 Å². The highest BCUT2D eigenvalue weighted by atomic mass is 35.5. The van der Waals surface area contributed by atoms with Crippen LogP contribution >= 0.6 is 24.0 Å². The second-order valence-electron chi connectivity index (χ2n) is 7.09. The van der Waals surface area contributed by atoms with Gasteiger partial charge in [-0.3, -0.25) is 4.79 Å². The van der Waals surface area contributed by atoms with Crippen molar-refractivity contribution in [3.05, 3.63) is 28.3 Å². The second kappa shape index (κ2) is 12.6. The van der Waals surface area contributed by atoms with Crippen LogP contribution in [0.4, 0.5) is 0 Å². The predicted octanol–water partition coefficient (Wildman–Crippen LogP) is 6.09. The number of benzene rings is 1. The molecule has 0 amide bonds. The third-order valence-electron chi connectivity index (χ3n) is 4.90. The van der Waals surface area contributed by atoms with Crippen LogP contribution in [-0.2, 0) is 0 Å². The van der Waals surface area contributed by atoms with E-state index in [9.17, 15) is 4.79 Å². The third kappa shape index (κ3) is 7.46. The van der Waals surface area contributed by atoms with Crippen LogP contribution in [0.1, 0.15) is 74.2 Å². The van der Waals surface area contributed by atoms with Crippen LogP contribution in [0.3, 0.4) is 0 Å². The number of Topliss-reactive ketones (excluding diaryl/α,β-unsaturated/α-hetero) is 1. The molecule has 0 atom stereocenters. The van der Waals surface area contributed by atoms with E-state index in [0.717, 1.165) is 37.4 Å². The maximum atomic E-state index is 12.5. The van der Waals surface area contributed by atoms with Crippen LogP contribution in [0.5, 0.6) is 5.75 Å². The molecular formula is C21H33Cl2NO2. The molecule has 0 saturated carbocycles. The molecule has 1 aliphatic heterocycles. The van der Waals surface area contributed by atoms with Crippen LogP contribution in [0.25, 0.3) is 0 Å². The van der Waals surface area contributed by atoms with E-state index < -0.39 is 0 Å². The van der Waals surface area contributed by atoms with Gasteiger partial charge in [0.15, 0.2) is 5.78 Å². The summed E-state index contributed by atoms with van der Waals surface area (Å²) < 4.78 is 5.85. The van der Waals surface area contributed by atoms with E-state index >= 15 is 0 Å². The molecule has 1 saturated heterocycles. The second-order valence-corrected chi connectivity index (χ2v) is 7.50. The number of carbonyl (C=O) groups is 1. The zero-order chi connectivity index (χ0) is 18.1. The molecule has 3 nitrogen and oxygen atoms in total. The molecule has 0 aromatic heterocycles. The van der Waals surface area contributed by atoms with Crippen molar-refractivity contribution in [2.45, 2.75) is 65.2 Å². The highest BCUT2D eigenvalue weighted by molar-refractivity contribution is 6.32. The van der Waals surface area contributed by atoms with Gasteiger partial charge in [0.2, 0.25) is 0 Å². The minimum Gasteiger partial charge on any atom is -0.492 e. The molecule has 1 aromatic carbocycles. The molecule has 0 unspecified atom stereocenters. The topological polar surface area (TPSA) is 29.5 Å². The van der Waals surface area contributed by atoms with E-state index in [2.05, 4.69) is 11.8 Å². The summed E-state index contributed by atoms with van der Waals surface area (Å²) in [5.41, 5.74) is 1.65. The molecule has 148 valence electrons. The largest absolute Gasteiger partial charge is 0.492 e. The number of hydrogen-bond donors (Lipinski definition) is 0. The zero-order valence-electron chi connectivity index (χ0n) is 16.2. The first-order valence-corrected chi connectivity index (χ1v) is 10.2. The van der Waals surface area contributed by atoms with Crippen molar-refractivity contribution >= 4 is 29.8 Å². The molecule has 5 heteroatoms. The number of unbranched alkanes of at least 4 members (excludes halogenated alkanes) is 3. The minimum atomic E-state index is 0. The molecule has 1 fully saturated rings. The summed E-state index contributed by atoms with van der Waals surface area (Å²) in [7, 11) is 0. The number of likely N-dealkylation sites (tertiary alicyclic amines) is 1. The van der Waals surface area contributed by atoms with Gasteiger partial charge in [-0.05, 0) is 57.0 Å². The van der Waals surface area contributed by atoms with Crippen molar-refractivity contribution in [2.75, 3.05) is 26.2 Å². The maximum Gasteiger partial charge on any atom is 0.164 e. The number of nitrogens with zero attached hydrogens (tertiary/aromatic N) is 1. The lowest BCUT2D eigenvalue weighted by Crippen LogP contribution is -2.31. The quantitative estimate of drug-likeness (QED) is 0.350. The summed E-state index contributed by atoms with van der Waals surface area (Å²) in [6.45, 7) is 7.95. The third-order valence-corrected chi connectivity index (χ3v) is 5.18. The lowest BCUT2D eigenvalue weighted by atomic mass is 10.0. The molecule has 0 spiro atoms. The Balaban J connectivity index is 0.00000338. The Kier molecular flexibility index (Phi) is 11.3. The van der Waals surface area contributed by atoms with E-state index in [1.807, 2.05) is 13.0 Å². The van der Waals surface area contributed by atoms with Crippen molar-refractivity contribution in [2.24, 2.45) is 0 Å². The molecular weight excluding hydrogens is 369 g/mol. The molecule has 0 radical (unpaired) electrons. The highest BCUT2D eigenvalue weighted by Gasteiger charge is 2.15. The number of piperidine rings is 1. The van der Waals surface area contributed by atoms with Crippen molar-refractivity contribution in [3.63, 3.8) is 0 Å². The first-order valence-electron chi connectivity index (χ1n) is 9.80. The van der Waals surface area contributed by atoms with Crippen molar-refractivity contribution in [3.8, 4) is 5.75 Å². The lowest BCUT2D eigenvalue weighted by molar-refractivity contribution is 0.0958. The molecule has 0 bridgehead atoms. The molecule has 2 rings (SSSR count). The van der Waals surface area contributed by atoms with Gasteiger partial charge in [0.1, 0.15) is 5.75 Å². The smallest absolute Gasteiger partial charge is 0.164 e. The van der Waals surface area contributed by atoms with E-state index in [1.165, 1.54) is 38.5 Å². The van der Waals surface area contributed by atoms with Gasteiger partial charge in [0.05, 0.1) is 11.6 Å². The predicted molar refractivity (Wildman–Crippen MR) is 112 cm³/mol. The van der Waals surface area contributed by atoms with Crippen LogP contribution in [0.15, 0.2) is 12.1 Å². The van der Waals surface area contributed by atoms with Crippen LogP contribution in [0.2, 0.25) is 5.02 Å². The number of ketones is 1. The van der Waals surface area contributed by atoms with Gasteiger partial charge in [-0.2, -0.15) is 0 Å². The zero-order valence-corrected chi connectivity index (χ0v) is 17.8. The average molecular weight is 402 g/mol. The Morgan fingerprint density at radius 1 is 1.15 bits per heavy atom. The van der Waals surface area contributed by atoms with Gasteiger partial charge in [0, 0.05) is 18.5 Å². The maximum absolute atomic E-state index is 12.5. The Morgan fingerprint density at radius 3 is 2.54 bits per heavy atom. The fourth-order valence-electron chi connectivity index (χ4n) is 3.36. The van der Waals surface area contributed by atoms with E-state index in [0.29, 0.717) is 23.6 Å². The number of halogens is 2. The Hall–Kier alpha value is -0.770. The normalized spacial score (nSPS) is 14.7. The highest BCUT2D eigenvalue weighted by Crippen LogP contribution is 2.30. The minimum absolute atomic E-state index is 0. The number of rotatable bonds is 10. The van der Waals surface area contributed by atoms with Gasteiger partial charge in [-0.1, -0.05) is 44.2 Å². The van der Waals surface area contributed by atoms with E-state index in [-0.39, 0.29) is 18.2 Å². The first kappa shape index (κ1) is 23.3. The Labute approximate surface area is 169 Å². The summed E-state index contributed by atoms with van der Waals surface area (Å²) in [6.07, 6.45) is 9.06. The monoisotopic (exact) mass is 401 g/mol. The van der Waals surface area contributed by atoms with E-state index in [4.69, 9.17) is 16.3 Å². The first-order chi connectivity index (χ1) is 12.1. The molecule has 1 aliphatic rings. The lowest BCUT2D eigenvalue weighted by Gasteiger charge is -2.26. The van der Waals surface area contributed by atoms with Crippen LogP contribution in [0, 0.1) is 6.92 Å². The van der Waals surface area contributed by atoms with Crippen LogP contribution < -0.4 is 4.74 Å². The van der Waals surface area contributed by atoms with Crippen LogP contribution in [-0.4, -0.2) is 36.9 Å². The molecule has 26 heavy (non-hydrogen) atoms. The molecule has 1 aromatic rings. The number of ether oxygens (including phenoxy) is 1. The van der Waals surface area contributed by atoms with E-state index in [1.54, 1.807) is 6.07 Å². The van der Waals surface area contributed by atoms with Crippen molar-refractivity contribution in [1.29, 1.82) is 0 Å².